The van der Waals surface area contributed by atoms with Crippen molar-refractivity contribution in [1.29, 1.82) is 0 Å². The number of rotatable bonds is 19. The van der Waals surface area contributed by atoms with Gasteiger partial charge in [0.05, 0.1) is 49.7 Å². The van der Waals surface area contributed by atoms with Gasteiger partial charge in [-0.1, -0.05) is 59.6 Å². The lowest BCUT2D eigenvalue weighted by Gasteiger charge is -2.39. The van der Waals surface area contributed by atoms with E-state index < -0.39 is 30.1 Å². The largest absolute Gasteiger partial charge is 0.379 e. The zero-order chi connectivity index (χ0) is 38.7. The van der Waals surface area contributed by atoms with E-state index in [0.29, 0.717) is 31.6 Å². The molecule has 7 unspecified atom stereocenters. The van der Waals surface area contributed by atoms with Gasteiger partial charge in [0.25, 0.3) is 0 Å². The van der Waals surface area contributed by atoms with E-state index in [0.717, 1.165) is 18.4 Å². The minimum Gasteiger partial charge on any atom is -0.379 e. The molecule has 1 saturated heterocycles. The molecule has 1 aromatic rings. The lowest BCUT2D eigenvalue weighted by atomic mass is 9.90. The van der Waals surface area contributed by atoms with Crippen molar-refractivity contribution in [3.05, 3.63) is 29.8 Å². The summed E-state index contributed by atoms with van der Waals surface area (Å²) in [4.78, 5) is 66.9. The van der Waals surface area contributed by atoms with Crippen molar-refractivity contribution in [3.8, 4) is 0 Å². The molecule has 0 aliphatic carbocycles. The summed E-state index contributed by atoms with van der Waals surface area (Å²) in [6.45, 7) is 12.3. The van der Waals surface area contributed by atoms with E-state index in [9.17, 15) is 24.0 Å². The number of hydrogen-bond acceptors (Lipinski definition) is 9. The minimum absolute atomic E-state index is 0.0775. The van der Waals surface area contributed by atoms with Crippen molar-refractivity contribution in [3.63, 3.8) is 0 Å². The van der Waals surface area contributed by atoms with Gasteiger partial charge in [-0.2, -0.15) is 0 Å². The lowest BCUT2D eigenvalue weighted by Crippen LogP contribution is -2.54. The van der Waals surface area contributed by atoms with E-state index in [2.05, 4.69) is 29.8 Å². The number of ether oxygens (including phenoxy) is 2. The van der Waals surface area contributed by atoms with Crippen LogP contribution in [0.3, 0.4) is 0 Å². The number of amides is 5. The van der Waals surface area contributed by atoms with E-state index in [1.54, 1.807) is 57.0 Å². The van der Waals surface area contributed by atoms with Crippen molar-refractivity contribution in [2.75, 3.05) is 52.8 Å². The fourth-order valence-electron chi connectivity index (χ4n) is 6.38. The molecule has 7 atom stereocenters. The second-order valence-corrected chi connectivity index (χ2v) is 13.3. The summed E-state index contributed by atoms with van der Waals surface area (Å²) in [6, 6.07) is 5.90. The van der Waals surface area contributed by atoms with Crippen LogP contribution in [0.15, 0.2) is 24.3 Å². The Morgan fingerprint density at radius 3 is 2.24 bits per heavy atom. The summed E-state index contributed by atoms with van der Waals surface area (Å²) in [6.07, 6.45) is 3.09. The van der Waals surface area contributed by atoms with Crippen LogP contribution >= 0.6 is 0 Å². The maximum absolute atomic E-state index is 13.7. The highest BCUT2D eigenvalue weighted by molar-refractivity contribution is 5.97. The molecule has 1 heterocycles. The van der Waals surface area contributed by atoms with Gasteiger partial charge in [0.15, 0.2) is 0 Å². The number of likely N-dealkylation sites (N-methyl/N-ethyl adjacent to an activating group) is 1. The van der Waals surface area contributed by atoms with Gasteiger partial charge in [0.2, 0.25) is 29.5 Å². The van der Waals surface area contributed by atoms with E-state index in [-0.39, 0.29) is 61.1 Å². The molecular weight excluding hydrogens is 654 g/mol. The van der Waals surface area contributed by atoms with Crippen LogP contribution in [-0.4, -0.2) is 117 Å². The van der Waals surface area contributed by atoms with Gasteiger partial charge in [-0.3, -0.25) is 24.0 Å². The number of carbonyl (C=O) groups excluding carboxylic acids is 5. The monoisotopic (exact) mass is 719 g/mol. The molecule has 0 radical (unpaired) electrons. The van der Waals surface area contributed by atoms with Gasteiger partial charge in [0.1, 0.15) is 6.04 Å². The van der Waals surface area contributed by atoms with Crippen LogP contribution < -0.4 is 27.4 Å². The van der Waals surface area contributed by atoms with E-state index >= 15 is 0 Å². The number of nitrogens with one attached hydrogen (secondary N) is 3. The Kier molecular flexibility index (Phi) is 21.2. The molecule has 14 nitrogen and oxygen atoms in total. The van der Waals surface area contributed by atoms with Crippen LogP contribution in [0, 0.1) is 11.8 Å². The number of carbonyl (C=O) groups is 5. The second kappa shape index (κ2) is 23.8. The first kappa shape index (κ1) is 45.4. The third-order valence-electron chi connectivity index (χ3n) is 9.34. The molecule has 0 saturated carbocycles. The molecule has 14 heteroatoms. The normalized spacial score (nSPS) is 17.5. The molecule has 51 heavy (non-hydrogen) atoms. The highest BCUT2D eigenvalue weighted by Gasteiger charge is 2.41. The summed E-state index contributed by atoms with van der Waals surface area (Å²) >= 11 is 0. The van der Waals surface area contributed by atoms with Crippen molar-refractivity contribution in [2.24, 2.45) is 23.3 Å². The Balaban J connectivity index is 0.00000418. The van der Waals surface area contributed by atoms with Crippen LogP contribution in [0.2, 0.25) is 0 Å². The number of hydrogen-bond donors (Lipinski definition) is 5. The molecule has 1 aliphatic rings. The lowest BCUT2D eigenvalue weighted by molar-refractivity contribution is -0.145. The number of nitrogens with two attached hydrogens (primary N) is 2. The fourth-order valence-corrected chi connectivity index (χ4v) is 6.38. The first-order chi connectivity index (χ1) is 24.2. The second-order valence-electron chi connectivity index (χ2n) is 13.3. The zero-order valence-electron chi connectivity index (χ0n) is 32.3. The van der Waals surface area contributed by atoms with E-state index in [1.165, 1.54) is 6.42 Å². The van der Waals surface area contributed by atoms with Crippen LogP contribution in [0.4, 0.5) is 5.69 Å². The average Bonchev–Trinajstić information content (AvgIpc) is 3.60. The molecular formula is C37H65N7O7. The maximum Gasteiger partial charge on any atom is 0.246 e. The number of methoxy groups -OCH3 is 2. The number of anilines is 1. The predicted molar refractivity (Wildman–Crippen MR) is 200 cm³/mol. The minimum atomic E-state index is -0.748. The third kappa shape index (κ3) is 14.2. The van der Waals surface area contributed by atoms with Gasteiger partial charge in [0, 0.05) is 40.0 Å². The summed E-state index contributed by atoms with van der Waals surface area (Å²) in [7, 11) is 4.81. The highest BCUT2D eigenvalue weighted by atomic mass is 16.5. The molecule has 0 bridgehead atoms. The van der Waals surface area contributed by atoms with Gasteiger partial charge in [-0.05, 0) is 49.8 Å². The molecule has 290 valence electrons. The van der Waals surface area contributed by atoms with Crippen LogP contribution in [0.1, 0.15) is 79.2 Å². The van der Waals surface area contributed by atoms with E-state index in [4.69, 9.17) is 20.9 Å². The smallest absolute Gasteiger partial charge is 0.246 e. The SMILES string of the molecule is CCC.CCC(C)C(C(CC(=O)N1CCCC1C(OC)C(C)C(=O)NCCc1cccc(NC(=O)C(C)NC(=O)CN)c1)OC)N(C)C(=O)CN. The molecule has 0 aromatic heterocycles. The first-order valence-electron chi connectivity index (χ1n) is 18.2. The van der Waals surface area contributed by atoms with Crippen molar-refractivity contribution >= 4 is 35.2 Å². The molecule has 1 fully saturated rings. The average molecular weight is 720 g/mol. The van der Waals surface area contributed by atoms with Crippen LogP contribution in [-0.2, 0) is 39.9 Å². The van der Waals surface area contributed by atoms with Gasteiger partial charge >= 0.3 is 0 Å². The maximum atomic E-state index is 13.7. The standard InChI is InChI=1S/C34H57N7O7.C3H8/c1-8-21(2)31(40(5)30(44)20-36)27(47-6)18-29(43)41-16-10-13-26(41)32(48-7)22(3)33(45)37-15-14-24-11-9-12-25(17-24)39-34(46)23(4)38-28(42)19-35;1-3-2/h9,11-12,17,21-23,26-27,31-32H,8,10,13-16,18-20,35-36H2,1-7H3,(H,37,45)(H,38,42)(H,39,46);3H2,1-2H3. The quantitative estimate of drug-likeness (QED) is 0.142. The summed E-state index contributed by atoms with van der Waals surface area (Å²) in [5.74, 6) is -1.77. The molecule has 1 aromatic carbocycles. The Bertz CT molecular complexity index is 1250. The molecule has 5 amide bonds. The molecule has 7 N–H and O–H groups in total. The number of likely N-dealkylation sites (tertiary alicyclic amines) is 1. The summed E-state index contributed by atoms with van der Waals surface area (Å²) < 4.78 is 11.7. The Morgan fingerprint density at radius 1 is 1.00 bits per heavy atom. The van der Waals surface area contributed by atoms with Crippen molar-refractivity contribution < 1.29 is 33.4 Å². The van der Waals surface area contributed by atoms with Gasteiger partial charge in [-0.15, -0.1) is 0 Å². The predicted octanol–water partition coefficient (Wildman–Crippen LogP) is 2.04. The van der Waals surface area contributed by atoms with Crippen molar-refractivity contribution in [2.45, 2.75) is 110 Å². The summed E-state index contributed by atoms with van der Waals surface area (Å²) in [5, 5.41) is 8.28. The topological polar surface area (TPSA) is 198 Å². The number of nitrogens with zero attached hydrogens (tertiary/aromatic N) is 2. The van der Waals surface area contributed by atoms with Crippen LogP contribution in [0.5, 0.6) is 0 Å². The Labute approximate surface area is 305 Å². The van der Waals surface area contributed by atoms with Crippen LogP contribution in [0.25, 0.3) is 0 Å². The first-order valence-corrected chi connectivity index (χ1v) is 18.2. The molecule has 0 spiro atoms. The molecule has 2 rings (SSSR count). The van der Waals surface area contributed by atoms with Gasteiger partial charge < -0.3 is 46.7 Å². The zero-order valence-corrected chi connectivity index (χ0v) is 32.3. The summed E-state index contributed by atoms with van der Waals surface area (Å²) in [5.41, 5.74) is 12.4. The molecule has 1 aliphatic heterocycles. The Hall–Kier alpha value is -3.59. The van der Waals surface area contributed by atoms with Crippen molar-refractivity contribution in [1.82, 2.24) is 20.4 Å². The van der Waals surface area contributed by atoms with E-state index in [1.807, 2.05) is 26.0 Å². The van der Waals surface area contributed by atoms with Gasteiger partial charge in [-0.25, -0.2) is 0 Å². The number of benzene rings is 1. The third-order valence-corrected chi connectivity index (χ3v) is 9.34. The fraction of sp³-hybridized carbons (Fsp3) is 0.703. The Morgan fingerprint density at radius 2 is 1.67 bits per heavy atom. The highest BCUT2D eigenvalue weighted by Crippen LogP contribution is 2.29.